The first-order valence-electron chi connectivity index (χ1n) is 5.11. The van der Waals surface area contributed by atoms with Gasteiger partial charge in [0, 0.05) is 11.2 Å². The molecular weight excluding hydrogens is 230 g/mol. The zero-order valence-corrected chi connectivity index (χ0v) is 10.1. The molecule has 90 valence electrons. The summed E-state index contributed by atoms with van der Waals surface area (Å²) in [5.74, 6) is -0.226. The third-order valence-corrected chi connectivity index (χ3v) is 2.79. The topological polar surface area (TPSA) is 64.6 Å². The summed E-state index contributed by atoms with van der Waals surface area (Å²) < 4.78 is 9.71. The average Bonchev–Trinajstić information content (AvgIpc) is 2.30. The Bertz CT molecular complexity index is 303. The minimum atomic E-state index is -0.477. The van der Waals surface area contributed by atoms with Crippen molar-refractivity contribution >= 4 is 23.7 Å². The summed E-state index contributed by atoms with van der Waals surface area (Å²) in [7, 11) is 0. The third kappa shape index (κ3) is 3.44. The van der Waals surface area contributed by atoms with Crippen LogP contribution < -0.4 is 5.32 Å². The van der Waals surface area contributed by atoms with Gasteiger partial charge in [0.1, 0.15) is 11.7 Å². The van der Waals surface area contributed by atoms with E-state index < -0.39 is 12.0 Å². The van der Waals surface area contributed by atoms with Gasteiger partial charge in [-0.25, -0.2) is 9.59 Å². The first-order chi connectivity index (χ1) is 7.69. The Kier molecular flexibility index (Phi) is 5.18. The van der Waals surface area contributed by atoms with E-state index in [9.17, 15) is 9.59 Å². The van der Waals surface area contributed by atoms with Crippen LogP contribution in [0.2, 0.25) is 0 Å². The van der Waals surface area contributed by atoms with Crippen molar-refractivity contribution in [2.75, 3.05) is 19.0 Å². The van der Waals surface area contributed by atoms with Gasteiger partial charge in [-0.1, -0.05) is 0 Å². The van der Waals surface area contributed by atoms with Gasteiger partial charge in [-0.3, -0.25) is 0 Å². The van der Waals surface area contributed by atoms with Crippen molar-refractivity contribution in [1.29, 1.82) is 0 Å². The summed E-state index contributed by atoms with van der Waals surface area (Å²) in [6, 6.07) is -0.477. The molecule has 0 aromatic carbocycles. The van der Waals surface area contributed by atoms with Crippen LogP contribution in [-0.4, -0.2) is 36.9 Å². The first-order valence-corrected chi connectivity index (χ1v) is 6.16. The SMILES string of the molecule is CCOC(=O)C1=CSC[C@@H](C(=O)OCC)N1. The van der Waals surface area contributed by atoms with E-state index in [-0.39, 0.29) is 5.97 Å². The van der Waals surface area contributed by atoms with Crippen LogP contribution in [0.1, 0.15) is 13.8 Å². The molecule has 1 atom stereocenters. The van der Waals surface area contributed by atoms with Crippen LogP contribution in [0.4, 0.5) is 0 Å². The molecular formula is C10H15NO4S. The summed E-state index contributed by atoms with van der Waals surface area (Å²) in [5, 5.41) is 4.47. The molecule has 1 aliphatic rings. The van der Waals surface area contributed by atoms with Crippen LogP contribution in [0.3, 0.4) is 0 Å². The molecule has 0 bridgehead atoms. The van der Waals surface area contributed by atoms with Gasteiger partial charge in [0.15, 0.2) is 0 Å². The van der Waals surface area contributed by atoms with E-state index in [4.69, 9.17) is 9.47 Å². The van der Waals surface area contributed by atoms with Crippen molar-refractivity contribution in [3.63, 3.8) is 0 Å². The van der Waals surface area contributed by atoms with Crippen LogP contribution in [0.25, 0.3) is 0 Å². The molecule has 16 heavy (non-hydrogen) atoms. The van der Waals surface area contributed by atoms with Gasteiger partial charge in [0.05, 0.1) is 13.2 Å². The maximum atomic E-state index is 11.4. The number of carbonyl (C=O) groups excluding carboxylic acids is 2. The molecule has 0 unspecified atom stereocenters. The minimum absolute atomic E-state index is 0.312. The quantitative estimate of drug-likeness (QED) is 0.734. The molecule has 0 saturated carbocycles. The largest absolute Gasteiger partial charge is 0.464 e. The lowest BCUT2D eigenvalue weighted by molar-refractivity contribution is -0.145. The zero-order valence-electron chi connectivity index (χ0n) is 9.32. The van der Waals surface area contributed by atoms with E-state index in [0.29, 0.717) is 24.7 Å². The molecule has 0 spiro atoms. The Hall–Kier alpha value is -1.17. The van der Waals surface area contributed by atoms with Crippen molar-refractivity contribution in [2.45, 2.75) is 19.9 Å². The number of carbonyl (C=O) groups is 2. The highest BCUT2D eigenvalue weighted by atomic mass is 32.2. The van der Waals surface area contributed by atoms with E-state index in [2.05, 4.69) is 5.32 Å². The Balaban J connectivity index is 2.55. The second-order valence-corrected chi connectivity index (χ2v) is 3.94. The third-order valence-electron chi connectivity index (χ3n) is 1.86. The smallest absolute Gasteiger partial charge is 0.354 e. The Morgan fingerprint density at radius 1 is 1.44 bits per heavy atom. The summed E-state index contributed by atoms with van der Waals surface area (Å²) in [6.45, 7) is 4.12. The second kappa shape index (κ2) is 6.42. The fourth-order valence-electron chi connectivity index (χ4n) is 1.18. The molecule has 5 nitrogen and oxygen atoms in total. The van der Waals surface area contributed by atoms with Crippen molar-refractivity contribution in [1.82, 2.24) is 5.32 Å². The number of hydrogen-bond donors (Lipinski definition) is 1. The lowest BCUT2D eigenvalue weighted by Gasteiger charge is -2.22. The molecule has 0 radical (unpaired) electrons. The van der Waals surface area contributed by atoms with E-state index in [1.54, 1.807) is 19.3 Å². The van der Waals surface area contributed by atoms with Crippen LogP contribution in [0.15, 0.2) is 11.1 Å². The van der Waals surface area contributed by atoms with Crippen LogP contribution in [0.5, 0.6) is 0 Å². The number of hydrogen-bond acceptors (Lipinski definition) is 6. The number of rotatable bonds is 4. The van der Waals surface area contributed by atoms with Gasteiger partial charge in [0.2, 0.25) is 0 Å². The zero-order chi connectivity index (χ0) is 12.0. The molecule has 1 rings (SSSR count). The average molecular weight is 245 g/mol. The summed E-state index contributed by atoms with van der Waals surface area (Å²) >= 11 is 1.39. The van der Waals surface area contributed by atoms with Crippen molar-refractivity contribution < 1.29 is 19.1 Å². The standard InChI is InChI=1S/C10H15NO4S/c1-3-14-9(12)7-5-16-6-8(11-7)10(13)15-4-2/h5,8,11H,3-4,6H2,1-2H3/t8-/m0/s1. The first kappa shape index (κ1) is 12.9. The van der Waals surface area contributed by atoms with Gasteiger partial charge in [-0.15, -0.1) is 11.8 Å². The molecule has 0 fully saturated rings. The van der Waals surface area contributed by atoms with E-state index >= 15 is 0 Å². The maximum Gasteiger partial charge on any atom is 0.354 e. The Labute approximate surface area is 98.6 Å². The van der Waals surface area contributed by atoms with Gasteiger partial charge in [0.25, 0.3) is 0 Å². The number of esters is 2. The number of ether oxygens (including phenoxy) is 2. The lowest BCUT2D eigenvalue weighted by Crippen LogP contribution is -2.43. The maximum absolute atomic E-state index is 11.4. The molecule has 1 heterocycles. The fraction of sp³-hybridized carbons (Fsp3) is 0.600. The van der Waals surface area contributed by atoms with Crippen LogP contribution in [-0.2, 0) is 19.1 Å². The highest BCUT2D eigenvalue weighted by Crippen LogP contribution is 2.16. The van der Waals surface area contributed by atoms with Crippen molar-refractivity contribution in [2.24, 2.45) is 0 Å². The summed E-state index contributed by atoms with van der Waals surface area (Å²) in [4.78, 5) is 22.9. The fourth-order valence-corrected chi connectivity index (χ4v) is 2.02. The Morgan fingerprint density at radius 3 is 2.75 bits per heavy atom. The molecule has 0 aliphatic carbocycles. The second-order valence-electron chi connectivity index (χ2n) is 3.03. The van der Waals surface area contributed by atoms with Gasteiger partial charge in [-0.2, -0.15) is 0 Å². The molecule has 1 aliphatic heterocycles. The van der Waals surface area contributed by atoms with E-state index in [1.807, 2.05) is 0 Å². The van der Waals surface area contributed by atoms with Gasteiger partial charge < -0.3 is 14.8 Å². The highest BCUT2D eigenvalue weighted by Gasteiger charge is 2.26. The summed E-state index contributed by atoms with van der Waals surface area (Å²) in [6.07, 6.45) is 0. The van der Waals surface area contributed by atoms with Crippen LogP contribution in [0, 0.1) is 0 Å². The van der Waals surface area contributed by atoms with Crippen LogP contribution >= 0.6 is 11.8 Å². The van der Waals surface area contributed by atoms with E-state index in [1.165, 1.54) is 11.8 Å². The normalized spacial score (nSPS) is 19.4. The summed E-state index contributed by atoms with van der Waals surface area (Å²) in [5.41, 5.74) is 0.316. The molecule has 1 N–H and O–H groups in total. The molecule has 0 aromatic heterocycles. The molecule has 0 aromatic rings. The predicted octanol–water partition coefficient (Wildman–Crippen LogP) is 0.659. The lowest BCUT2D eigenvalue weighted by atomic mass is 10.3. The van der Waals surface area contributed by atoms with Gasteiger partial charge >= 0.3 is 11.9 Å². The highest BCUT2D eigenvalue weighted by molar-refractivity contribution is 8.02. The number of nitrogens with one attached hydrogen (secondary N) is 1. The monoisotopic (exact) mass is 245 g/mol. The molecule has 0 amide bonds. The van der Waals surface area contributed by atoms with E-state index in [0.717, 1.165) is 0 Å². The molecule has 6 heteroatoms. The molecule has 0 saturated heterocycles. The van der Waals surface area contributed by atoms with Crippen molar-refractivity contribution in [3.8, 4) is 0 Å². The van der Waals surface area contributed by atoms with Gasteiger partial charge in [-0.05, 0) is 13.8 Å². The predicted molar refractivity (Wildman–Crippen MR) is 60.7 cm³/mol. The number of thioether (sulfide) groups is 1. The Morgan fingerprint density at radius 2 is 2.12 bits per heavy atom. The minimum Gasteiger partial charge on any atom is -0.464 e. The van der Waals surface area contributed by atoms with Crippen molar-refractivity contribution in [3.05, 3.63) is 11.1 Å².